The van der Waals surface area contributed by atoms with Crippen LogP contribution in [0, 0.1) is 12.7 Å². The van der Waals surface area contributed by atoms with Crippen LogP contribution in [0.5, 0.6) is 0 Å². The number of imidazole rings is 1. The summed E-state index contributed by atoms with van der Waals surface area (Å²) in [5.74, 6) is 0.345. The molecule has 0 atom stereocenters. The molecule has 0 saturated carbocycles. The van der Waals surface area contributed by atoms with Gasteiger partial charge in [-0.25, -0.2) is 9.37 Å². The first-order valence-electron chi connectivity index (χ1n) is 5.37. The number of hydrogen-bond donors (Lipinski definition) is 1. The minimum Gasteiger partial charge on any atom is -0.352 e. The maximum Gasteiger partial charge on any atom is 0.207 e. The molecule has 17 heavy (non-hydrogen) atoms. The largest absolute Gasteiger partial charge is 0.352 e. The third-order valence-corrected chi connectivity index (χ3v) is 2.41. The zero-order chi connectivity index (χ0) is 12.3. The molecule has 1 heterocycles. The lowest BCUT2D eigenvalue weighted by Crippen LogP contribution is -2.06. The van der Waals surface area contributed by atoms with E-state index in [0.717, 1.165) is 5.56 Å². The molecule has 0 bridgehead atoms. The summed E-state index contributed by atoms with van der Waals surface area (Å²) in [6.45, 7) is 6.06. The molecule has 0 aliphatic heterocycles. The Hall–Kier alpha value is -2.10. The number of rotatable bonds is 4. The molecule has 2 rings (SSSR count). The third kappa shape index (κ3) is 2.36. The lowest BCUT2D eigenvalue weighted by atomic mass is 10.2. The van der Waals surface area contributed by atoms with E-state index in [1.54, 1.807) is 29.1 Å². The molecule has 0 aliphatic carbocycles. The zero-order valence-corrected chi connectivity index (χ0v) is 9.65. The number of aromatic nitrogens is 2. The van der Waals surface area contributed by atoms with Gasteiger partial charge in [0.25, 0.3) is 0 Å². The van der Waals surface area contributed by atoms with Crippen molar-refractivity contribution in [1.82, 2.24) is 9.55 Å². The van der Waals surface area contributed by atoms with Crippen LogP contribution in [0.15, 0.2) is 43.2 Å². The van der Waals surface area contributed by atoms with Crippen molar-refractivity contribution in [3.05, 3.63) is 54.6 Å². The molecule has 1 aromatic carbocycles. The van der Waals surface area contributed by atoms with Crippen molar-refractivity contribution >= 4 is 5.95 Å². The van der Waals surface area contributed by atoms with Crippen molar-refractivity contribution in [3.63, 3.8) is 0 Å². The topological polar surface area (TPSA) is 29.9 Å². The molecule has 0 aliphatic rings. The van der Waals surface area contributed by atoms with Crippen LogP contribution >= 0.6 is 0 Å². The Balaban J connectivity index is 2.38. The summed E-state index contributed by atoms with van der Waals surface area (Å²) in [5.41, 5.74) is 1.38. The second-order valence-corrected chi connectivity index (χ2v) is 3.75. The molecule has 3 nitrogen and oxygen atoms in total. The summed E-state index contributed by atoms with van der Waals surface area (Å²) in [6.07, 6.45) is 5.08. The molecule has 0 amide bonds. The summed E-state index contributed by atoms with van der Waals surface area (Å²) in [7, 11) is 0. The third-order valence-electron chi connectivity index (χ3n) is 2.41. The van der Waals surface area contributed by atoms with Crippen molar-refractivity contribution in [2.75, 3.05) is 11.9 Å². The predicted octanol–water partition coefficient (Wildman–Crippen LogP) is 2.92. The second-order valence-electron chi connectivity index (χ2n) is 3.75. The monoisotopic (exact) mass is 231 g/mol. The molecule has 2 aromatic rings. The standard InChI is InChI=1S/C13H14FN3/c1-3-6-15-13-16-7-8-17(13)12-5-4-10(2)9-11(12)14/h3-5,7-9H,1,6H2,2H3,(H,15,16). The fourth-order valence-electron chi connectivity index (χ4n) is 1.60. The van der Waals surface area contributed by atoms with Crippen LogP contribution in [0.3, 0.4) is 0 Å². The first-order chi connectivity index (χ1) is 8.22. The van der Waals surface area contributed by atoms with Gasteiger partial charge >= 0.3 is 0 Å². The predicted molar refractivity (Wildman–Crippen MR) is 66.9 cm³/mol. The van der Waals surface area contributed by atoms with Crippen LogP contribution in [0.25, 0.3) is 5.69 Å². The van der Waals surface area contributed by atoms with Gasteiger partial charge in [0.15, 0.2) is 0 Å². The zero-order valence-electron chi connectivity index (χ0n) is 9.65. The maximum atomic E-state index is 13.8. The molecular formula is C13H14FN3. The van der Waals surface area contributed by atoms with E-state index in [2.05, 4.69) is 16.9 Å². The molecule has 1 N–H and O–H groups in total. The van der Waals surface area contributed by atoms with Crippen LogP contribution in [0.2, 0.25) is 0 Å². The van der Waals surface area contributed by atoms with Crippen molar-refractivity contribution in [3.8, 4) is 5.69 Å². The Morgan fingerprint density at radius 2 is 2.35 bits per heavy atom. The van der Waals surface area contributed by atoms with E-state index < -0.39 is 0 Å². The van der Waals surface area contributed by atoms with E-state index in [1.165, 1.54) is 6.07 Å². The van der Waals surface area contributed by atoms with Gasteiger partial charge in [-0.1, -0.05) is 12.1 Å². The number of hydrogen-bond acceptors (Lipinski definition) is 2. The quantitative estimate of drug-likeness (QED) is 0.820. The average Bonchev–Trinajstić information content (AvgIpc) is 2.74. The molecule has 0 radical (unpaired) electrons. The Bertz CT molecular complexity index is 531. The minimum absolute atomic E-state index is 0.260. The van der Waals surface area contributed by atoms with Crippen molar-refractivity contribution in [2.45, 2.75) is 6.92 Å². The number of nitrogens with zero attached hydrogens (tertiary/aromatic N) is 2. The molecular weight excluding hydrogens is 217 g/mol. The van der Waals surface area contributed by atoms with Gasteiger partial charge < -0.3 is 5.32 Å². The van der Waals surface area contributed by atoms with Gasteiger partial charge in [0.1, 0.15) is 5.82 Å². The van der Waals surface area contributed by atoms with Crippen LogP contribution in [0.1, 0.15) is 5.56 Å². The summed E-state index contributed by atoms with van der Waals surface area (Å²) in [6, 6.07) is 5.12. The van der Waals surface area contributed by atoms with E-state index in [-0.39, 0.29) is 5.82 Å². The fraction of sp³-hybridized carbons (Fsp3) is 0.154. The van der Waals surface area contributed by atoms with Gasteiger partial charge in [-0.2, -0.15) is 0 Å². The van der Waals surface area contributed by atoms with Gasteiger partial charge in [-0.3, -0.25) is 4.57 Å². The van der Waals surface area contributed by atoms with Crippen LogP contribution in [-0.4, -0.2) is 16.1 Å². The van der Waals surface area contributed by atoms with E-state index in [9.17, 15) is 4.39 Å². The maximum absolute atomic E-state index is 13.8. The smallest absolute Gasteiger partial charge is 0.207 e. The van der Waals surface area contributed by atoms with Gasteiger partial charge in [-0.15, -0.1) is 6.58 Å². The lowest BCUT2D eigenvalue weighted by molar-refractivity contribution is 0.617. The molecule has 0 spiro atoms. The highest BCUT2D eigenvalue weighted by Gasteiger charge is 2.08. The van der Waals surface area contributed by atoms with Gasteiger partial charge in [0.2, 0.25) is 5.95 Å². The summed E-state index contributed by atoms with van der Waals surface area (Å²) in [4.78, 5) is 4.13. The first kappa shape index (κ1) is 11.4. The Labute approximate surface area is 99.6 Å². The molecule has 0 fully saturated rings. The van der Waals surface area contributed by atoms with E-state index in [0.29, 0.717) is 18.2 Å². The lowest BCUT2D eigenvalue weighted by Gasteiger charge is -2.09. The fourth-order valence-corrected chi connectivity index (χ4v) is 1.60. The first-order valence-corrected chi connectivity index (χ1v) is 5.37. The highest BCUT2D eigenvalue weighted by atomic mass is 19.1. The average molecular weight is 231 g/mol. The molecule has 4 heteroatoms. The Kier molecular flexibility index (Phi) is 3.23. The van der Waals surface area contributed by atoms with Crippen LogP contribution < -0.4 is 5.32 Å². The summed E-state index contributed by atoms with van der Waals surface area (Å²) in [5, 5.41) is 3.05. The van der Waals surface area contributed by atoms with Crippen LogP contribution in [-0.2, 0) is 0 Å². The van der Waals surface area contributed by atoms with Crippen molar-refractivity contribution in [2.24, 2.45) is 0 Å². The van der Waals surface area contributed by atoms with Crippen molar-refractivity contribution in [1.29, 1.82) is 0 Å². The van der Waals surface area contributed by atoms with E-state index in [4.69, 9.17) is 0 Å². The van der Waals surface area contributed by atoms with E-state index in [1.807, 2.05) is 13.0 Å². The van der Waals surface area contributed by atoms with Gasteiger partial charge in [0.05, 0.1) is 5.69 Å². The Morgan fingerprint density at radius 3 is 3.06 bits per heavy atom. The minimum atomic E-state index is -0.260. The number of nitrogens with one attached hydrogen (secondary N) is 1. The van der Waals surface area contributed by atoms with Gasteiger partial charge in [0, 0.05) is 18.9 Å². The van der Waals surface area contributed by atoms with Crippen LogP contribution in [0.4, 0.5) is 10.3 Å². The SMILES string of the molecule is C=CCNc1nccn1-c1ccc(C)cc1F. The second kappa shape index (κ2) is 4.82. The summed E-state index contributed by atoms with van der Waals surface area (Å²) >= 11 is 0. The number of halogens is 1. The molecule has 0 unspecified atom stereocenters. The molecule has 0 saturated heterocycles. The molecule has 1 aromatic heterocycles. The normalized spacial score (nSPS) is 10.2. The highest BCUT2D eigenvalue weighted by Crippen LogP contribution is 2.18. The number of anilines is 1. The Morgan fingerprint density at radius 1 is 1.53 bits per heavy atom. The highest BCUT2D eigenvalue weighted by molar-refractivity contribution is 5.44. The van der Waals surface area contributed by atoms with Gasteiger partial charge in [-0.05, 0) is 24.6 Å². The summed E-state index contributed by atoms with van der Waals surface area (Å²) < 4.78 is 15.5. The number of aryl methyl sites for hydroxylation is 1. The number of benzene rings is 1. The van der Waals surface area contributed by atoms with Crippen molar-refractivity contribution < 1.29 is 4.39 Å². The molecule has 88 valence electrons. The van der Waals surface area contributed by atoms with E-state index >= 15 is 0 Å².